The highest BCUT2D eigenvalue weighted by Crippen LogP contribution is 2.57. The number of aromatic nitrogens is 1. The highest BCUT2D eigenvalue weighted by molar-refractivity contribution is 6.35. The van der Waals surface area contributed by atoms with Crippen molar-refractivity contribution in [2.45, 2.75) is 120 Å². The number of hydrazine groups is 1. The van der Waals surface area contributed by atoms with Gasteiger partial charge in [-0.1, -0.05) is 109 Å². The summed E-state index contributed by atoms with van der Waals surface area (Å²) in [7, 11) is 11.9. The number of hydrogen-bond acceptors (Lipinski definition) is 20. The van der Waals surface area contributed by atoms with E-state index in [1.165, 1.54) is 87.1 Å². The van der Waals surface area contributed by atoms with E-state index < -0.39 is 127 Å². The number of para-hydroxylation sites is 1. The Morgan fingerprint density at radius 1 is 0.780 bits per heavy atom. The lowest BCUT2D eigenvalue weighted by molar-refractivity contribution is -0.283. The molecule has 8 atom stereocenters. The third kappa shape index (κ3) is 19.4. The maximum absolute atomic E-state index is 14.7. The highest BCUT2D eigenvalue weighted by atomic mass is 35.5. The number of carbonyl (C=O) groups is 9. The Morgan fingerprint density at radius 2 is 1.39 bits per heavy atom. The van der Waals surface area contributed by atoms with E-state index in [-0.39, 0.29) is 114 Å². The zero-order valence-electron chi connectivity index (χ0n) is 64.1. The normalized spacial score (nSPS) is 22.1. The predicted molar refractivity (Wildman–Crippen MR) is 404 cm³/mol. The Balaban J connectivity index is 0.814. The summed E-state index contributed by atoms with van der Waals surface area (Å²) in [6.07, 6.45) is -0.866. The number of aryl methyl sites for hydroxylation is 1. The molecule has 109 heavy (non-hydrogen) atoms. The molecule has 1 saturated carbocycles. The molecule has 2 fully saturated rings. The van der Waals surface area contributed by atoms with E-state index in [1.807, 2.05) is 66.1 Å². The number of anilines is 1. The molecule has 5 aromatic rings. The summed E-state index contributed by atoms with van der Waals surface area (Å²) in [6, 6.07) is 27.9. The molecule has 30 heteroatoms. The summed E-state index contributed by atoms with van der Waals surface area (Å²) in [5.74, 6) is -6.06. The zero-order chi connectivity index (χ0) is 79.2. The summed E-state index contributed by atoms with van der Waals surface area (Å²) < 4.78 is 41.5. The van der Waals surface area contributed by atoms with Crippen LogP contribution in [0.5, 0.6) is 5.75 Å². The number of nitrogens with zero attached hydrogens (tertiary/aromatic N) is 8. The molecule has 29 nitrogen and oxygen atoms in total. The summed E-state index contributed by atoms with van der Waals surface area (Å²) >= 11 is 6.88. The summed E-state index contributed by atoms with van der Waals surface area (Å²) in [5.41, 5.74) is 1.57. The van der Waals surface area contributed by atoms with Crippen molar-refractivity contribution in [3.05, 3.63) is 142 Å². The highest BCUT2D eigenvalue weighted by Gasteiger charge is 2.69. The first-order valence-corrected chi connectivity index (χ1v) is 36.8. The van der Waals surface area contributed by atoms with Crippen molar-refractivity contribution in [1.29, 1.82) is 0 Å². The van der Waals surface area contributed by atoms with Crippen molar-refractivity contribution < 1.29 is 91.6 Å². The van der Waals surface area contributed by atoms with Crippen LogP contribution in [0.2, 0.25) is 5.02 Å². The zero-order valence-corrected chi connectivity index (χ0v) is 64.9. The Bertz CT molecular complexity index is 4160. The molecule has 1 saturated heterocycles. The summed E-state index contributed by atoms with van der Waals surface area (Å²) in [5, 5.41) is 45.0. The maximum Gasteiger partial charge on any atom is 0.424 e. The lowest BCUT2D eigenvalue weighted by Gasteiger charge is -2.61. The van der Waals surface area contributed by atoms with Gasteiger partial charge in [-0.25, -0.2) is 24.4 Å². The first-order valence-electron chi connectivity index (χ1n) is 36.4. The summed E-state index contributed by atoms with van der Waals surface area (Å²) in [4.78, 5) is 133. The molecule has 3 aliphatic heterocycles. The van der Waals surface area contributed by atoms with Crippen molar-refractivity contribution in [2.24, 2.45) is 11.8 Å². The van der Waals surface area contributed by atoms with Gasteiger partial charge in [0.1, 0.15) is 46.8 Å². The minimum absolute atomic E-state index is 0.00212. The molecule has 0 radical (unpaired) electrons. The molecular weight excluding hydrogens is 1430 g/mol. The van der Waals surface area contributed by atoms with Gasteiger partial charge in [0.2, 0.25) is 35.4 Å². The molecule has 5 aliphatic rings. The lowest BCUT2D eigenvalue weighted by Crippen LogP contribution is -2.73. The Morgan fingerprint density at radius 3 is 2.02 bits per heavy atom. The largest absolute Gasteiger partial charge is 0.495 e. The number of methoxy groups -OCH3 is 4. The van der Waals surface area contributed by atoms with Gasteiger partial charge in [0, 0.05) is 125 Å². The van der Waals surface area contributed by atoms with Crippen molar-refractivity contribution in [1.82, 2.24) is 44.8 Å². The van der Waals surface area contributed by atoms with Gasteiger partial charge in [-0.05, 0) is 97.0 Å². The van der Waals surface area contributed by atoms with Gasteiger partial charge in [-0.15, -0.1) is 0 Å². The van der Waals surface area contributed by atoms with Crippen LogP contribution in [-0.2, 0) is 81.5 Å². The lowest BCUT2D eigenvalue weighted by atomic mass is 9.52. The van der Waals surface area contributed by atoms with Crippen LogP contribution in [0.25, 0.3) is 22.0 Å². The van der Waals surface area contributed by atoms with E-state index in [9.17, 15) is 58.5 Å². The van der Waals surface area contributed by atoms with E-state index >= 15 is 0 Å². The standard InChI is InChI=1S/C79H103ClN10O19/c1-50-20-19-27-66(91)79(102)43-65(108-75(99)82-79)51(2)61-42-78(77(61,4)101,44-69(94)85(7)63-39-53(38-50)40-64(106-12)73(63)80)109-74(98)52(3)84(6)68(93)29-30-87(32-35-103-9)71(96)47-89(34-37-105-11)72(97)48-88(33-36-104-10)70(95)45-81-67(92)28-31-90-55(41-54-21-13-18-26-62(54)90)46-83(5)86(8)76(100)107-49-60-58-24-16-14-22-56(58)57-23-15-17-25-59(57)60/h13-27,39-41,51-52,60-61,65-66,91,101-102H,28-38,42-49H2,1-12H3,(H,81,92)(H,82,99)/b27-19+,50-20+/t51-,52-,61?,65-,66+,77+,78?,79-/m0/s1. The second kappa shape index (κ2) is 36.8. The van der Waals surface area contributed by atoms with Gasteiger partial charge in [0.15, 0.2) is 5.72 Å². The number of amides is 8. The Labute approximate surface area is 640 Å². The number of rotatable bonds is 30. The number of nitrogens with one attached hydrogen (secondary N) is 2. The Kier molecular flexibility index (Phi) is 28.2. The molecule has 8 amide bonds. The smallest absolute Gasteiger partial charge is 0.424 e. The average molecular weight is 1530 g/mol. The molecule has 2 aliphatic carbocycles. The molecule has 4 heterocycles. The third-order valence-electron chi connectivity index (χ3n) is 21.6. The number of hydrogen-bond donors (Lipinski definition) is 5. The SMILES string of the molecule is COCCN(CCC(=O)N(C)[C@@H](C)C(=O)OC12CC(=O)N(C)c3cc(cc(OC)c3Cl)C/C(C)=C/C=C/[C@@H](O)[C@@]3(O)C[C@H](OC(=O)N3)[C@@H](C)C(C1)[C@@]2(C)O)C(=O)CN(CCOC)C(=O)CN(CCOC)C(=O)CNC(=O)CCn1c(CN(C)N(C)C(=O)OCC2c3ccccc3-c3ccccc32)cc2ccccc21. The number of esters is 1. The van der Waals surface area contributed by atoms with Gasteiger partial charge in [0.25, 0.3) is 0 Å². The molecule has 10 rings (SSSR count). The van der Waals surface area contributed by atoms with Crippen LogP contribution in [-0.4, -0.2) is 267 Å². The third-order valence-corrected chi connectivity index (χ3v) is 22.0. The minimum Gasteiger partial charge on any atom is -0.495 e. The number of alkyl carbamates (subject to hydrolysis) is 1. The second-order valence-corrected chi connectivity index (χ2v) is 29.0. The number of allylic oxidation sites excluding steroid dienone is 3. The number of aliphatic hydroxyl groups is 3. The van der Waals surface area contributed by atoms with Crippen LogP contribution in [0.1, 0.15) is 88.1 Å². The number of ether oxygens (including phenoxy) is 7. The van der Waals surface area contributed by atoms with Crippen LogP contribution in [0, 0.1) is 11.8 Å². The van der Waals surface area contributed by atoms with Crippen molar-refractivity contribution >= 4 is 81.8 Å². The van der Waals surface area contributed by atoms with Gasteiger partial charge in [0.05, 0.1) is 65.2 Å². The molecule has 4 aromatic carbocycles. The molecule has 1 aromatic heterocycles. The number of benzene rings is 4. The maximum atomic E-state index is 14.7. The quantitative estimate of drug-likeness (QED) is 0.0198. The fraction of sp³-hybridized carbons (Fsp3) is 0.506. The molecule has 590 valence electrons. The van der Waals surface area contributed by atoms with Gasteiger partial charge in [-0.3, -0.25) is 34.1 Å². The number of fused-ring (bicyclic) bond motifs is 9. The van der Waals surface area contributed by atoms with Crippen LogP contribution < -0.4 is 20.3 Å². The number of likely N-dealkylation sites (N-methyl/N-ethyl adjacent to an activating group) is 1. The number of aliphatic hydroxyl groups excluding tert-OH is 1. The van der Waals surface area contributed by atoms with E-state index in [0.29, 0.717) is 12.0 Å². The van der Waals surface area contributed by atoms with Crippen LogP contribution in [0.4, 0.5) is 15.3 Å². The molecular formula is C79H103ClN10O19. The van der Waals surface area contributed by atoms with Gasteiger partial charge in [-0.2, -0.15) is 0 Å². The fourth-order valence-corrected chi connectivity index (χ4v) is 14.9. The van der Waals surface area contributed by atoms with E-state index in [4.69, 9.17) is 44.8 Å². The van der Waals surface area contributed by atoms with Gasteiger partial charge >= 0.3 is 18.2 Å². The first kappa shape index (κ1) is 83.6. The number of halogens is 1. The predicted octanol–water partition coefficient (Wildman–Crippen LogP) is 6.05. The Hall–Kier alpha value is -9.46. The summed E-state index contributed by atoms with van der Waals surface area (Å²) in [6.45, 7) is 5.07. The van der Waals surface area contributed by atoms with Crippen LogP contribution >= 0.6 is 11.6 Å². The molecule has 2 unspecified atom stereocenters. The topological polar surface area (TPSA) is 331 Å². The van der Waals surface area contributed by atoms with Crippen molar-refractivity contribution in [3.8, 4) is 16.9 Å². The van der Waals surface area contributed by atoms with Crippen molar-refractivity contribution in [3.63, 3.8) is 0 Å². The van der Waals surface area contributed by atoms with Gasteiger partial charge < -0.3 is 82.9 Å². The minimum atomic E-state index is -2.20. The first-order chi connectivity index (χ1) is 51.9. The fourth-order valence-electron chi connectivity index (χ4n) is 14.6. The number of carbonyl (C=O) groups excluding carboxylic acids is 9. The molecule has 5 N–H and O–H groups in total. The van der Waals surface area contributed by atoms with Crippen LogP contribution in [0.3, 0.4) is 0 Å². The second-order valence-electron chi connectivity index (χ2n) is 28.6. The van der Waals surface area contributed by atoms with Crippen molar-refractivity contribution in [2.75, 3.05) is 134 Å². The molecule has 0 spiro atoms. The van der Waals surface area contributed by atoms with Crippen LogP contribution in [0.15, 0.2) is 115 Å². The monoisotopic (exact) mass is 1530 g/mol. The molecule has 6 bridgehead atoms. The van der Waals surface area contributed by atoms with E-state index in [0.717, 1.165) is 49.3 Å². The van der Waals surface area contributed by atoms with E-state index in [2.05, 4.69) is 34.9 Å². The average Bonchev–Trinajstić information content (AvgIpc) is 1.06. The van der Waals surface area contributed by atoms with E-state index in [1.54, 1.807) is 50.3 Å².